The molecule has 0 saturated carbocycles. The summed E-state index contributed by atoms with van der Waals surface area (Å²) < 4.78 is 73.0. The number of halogens is 5. The Morgan fingerprint density at radius 1 is 1.10 bits per heavy atom. The van der Waals surface area contributed by atoms with Gasteiger partial charge in [-0.25, -0.2) is 18.2 Å². The van der Waals surface area contributed by atoms with Crippen LogP contribution in [0.3, 0.4) is 0 Å². The highest BCUT2D eigenvalue weighted by atomic mass is 19.3. The lowest BCUT2D eigenvalue weighted by molar-refractivity contribution is -0.0498. The van der Waals surface area contributed by atoms with E-state index in [-0.39, 0.29) is 24.0 Å². The van der Waals surface area contributed by atoms with Gasteiger partial charge in [-0.1, -0.05) is 18.2 Å². The largest absolute Gasteiger partial charge is 0.485 e. The molecular formula is C19H18F5N3O2. The van der Waals surface area contributed by atoms with Gasteiger partial charge in [-0.05, 0) is 35.4 Å². The van der Waals surface area contributed by atoms with E-state index in [2.05, 4.69) is 9.73 Å². The molecule has 156 valence electrons. The molecule has 0 bridgehead atoms. The number of benzene rings is 2. The first-order valence-electron chi connectivity index (χ1n) is 8.54. The number of ether oxygens (including phenoxy) is 2. The smallest absolute Gasteiger partial charge is 0.387 e. The number of nitrogens with two attached hydrogens (primary N) is 1. The van der Waals surface area contributed by atoms with Gasteiger partial charge in [0.25, 0.3) is 6.43 Å². The summed E-state index contributed by atoms with van der Waals surface area (Å²) in [6.45, 7) is -3.67. The second-order valence-corrected chi connectivity index (χ2v) is 6.44. The van der Waals surface area contributed by atoms with Gasteiger partial charge in [-0.3, -0.25) is 0 Å². The average molecular weight is 415 g/mol. The van der Waals surface area contributed by atoms with Crippen LogP contribution in [0.1, 0.15) is 11.1 Å². The summed E-state index contributed by atoms with van der Waals surface area (Å²) in [5.74, 6) is -0.976. The Morgan fingerprint density at radius 2 is 1.76 bits per heavy atom. The van der Waals surface area contributed by atoms with E-state index in [9.17, 15) is 22.0 Å². The van der Waals surface area contributed by atoms with Crippen LogP contribution in [0, 0.1) is 5.82 Å². The van der Waals surface area contributed by atoms with Crippen LogP contribution in [0.5, 0.6) is 11.5 Å². The molecule has 0 unspecified atom stereocenters. The summed E-state index contributed by atoms with van der Waals surface area (Å²) >= 11 is 0. The van der Waals surface area contributed by atoms with E-state index >= 15 is 0 Å². The van der Waals surface area contributed by atoms with Gasteiger partial charge in [0.15, 0.2) is 17.5 Å². The van der Waals surface area contributed by atoms with Crippen molar-refractivity contribution in [2.24, 2.45) is 10.7 Å². The summed E-state index contributed by atoms with van der Waals surface area (Å²) in [6.07, 6.45) is -2.76. The predicted molar refractivity (Wildman–Crippen MR) is 96.0 cm³/mol. The van der Waals surface area contributed by atoms with E-state index in [1.54, 1.807) is 11.9 Å². The maximum absolute atomic E-state index is 14.0. The Bertz CT molecular complexity index is 892. The molecule has 0 saturated heterocycles. The molecule has 1 aliphatic rings. The van der Waals surface area contributed by atoms with Crippen molar-refractivity contribution in [3.05, 3.63) is 59.4 Å². The topological polar surface area (TPSA) is 60.1 Å². The minimum Gasteiger partial charge on any atom is -0.485 e. The summed E-state index contributed by atoms with van der Waals surface area (Å²) in [4.78, 5) is 6.16. The molecule has 29 heavy (non-hydrogen) atoms. The van der Waals surface area contributed by atoms with Gasteiger partial charge in [0.2, 0.25) is 0 Å². The number of aliphatic imine (C=N–C) groups is 1. The van der Waals surface area contributed by atoms with Gasteiger partial charge in [0.1, 0.15) is 17.9 Å². The van der Waals surface area contributed by atoms with Crippen LogP contribution >= 0.6 is 0 Å². The second kappa shape index (κ2) is 8.14. The third-order valence-electron chi connectivity index (χ3n) is 4.49. The summed E-state index contributed by atoms with van der Waals surface area (Å²) in [6, 6.07) is 9.61. The molecule has 5 nitrogen and oxygen atoms in total. The highest BCUT2D eigenvalue weighted by Gasteiger charge is 2.41. The third kappa shape index (κ3) is 4.36. The van der Waals surface area contributed by atoms with Gasteiger partial charge >= 0.3 is 6.61 Å². The van der Waals surface area contributed by atoms with Gasteiger partial charge in [0.05, 0.1) is 6.54 Å². The quantitative estimate of drug-likeness (QED) is 0.703. The molecule has 2 aromatic carbocycles. The molecular weight excluding hydrogens is 397 g/mol. The number of rotatable bonds is 7. The predicted octanol–water partition coefficient (Wildman–Crippen LogP) is 3.57. The lowest BCUT2D eigenvalue weighted by atomic mass is 9.83. The fraction of sp³-hybridized carbons (Fsp3) is 0.316. The Hall–Kier alpha value is -3.04. The van der Waals surface area contributed by atoms with Crippen molar-refractivity contribution in [3.63, 3.8) is 0 Å². The van der Waals surface area contributed by atoms with Crippen molar-refractivity contribution in [3.8, 4) is 11.5 Å². The lowest BCUT2D eigenvalue weighted by Crippen LogP contribution is -2.34. The number of guanidine groups is 1. The van der Waals surface area contributed by atoms with Crippen LogP contribution in [0.15, 0.2) is 47.5 Å². The summed E-state index contributed by atoms with van der Waals surface area (Å²) in [5.41, 5.74) is 5.84. The molecule has 0 amide bonds. The van der Waals surface area contributed by atoms with Gasteiger partial charge < -0.3 is 20.1 Å². The maximum Gasteiger partial charge on any atom is 0.387 e. The van der Waals surface area contributed by atoms with E-state index in [0.717, 1.165) is 6.07 Å². The molecule has 1 heterocycles. The molecule has 2 N–H and O–H groups in total. The Balaban J connectivity index is 2.04. The first kappa shape index (κ1) is 20.7. The molecule has 2 aromatic rings. The van der Waals surface area contributed by atoms with Gasteiger partial charge in [-0.2, -0.15) is 8.78 Å². The van der Waals surface area contributed by atoms with E-state index in [0.29, 0.717) is 11.1 Å². The van der Waals surface area contributed by atoms with Crippen LogP contribution in [-0.4, -0.2) is 44.1 Å². The van der Waals surface area contributed by atoms with Crippen LogP contribution in [-0.2, 0) is 5.54 Å². The number of likely N-dealkylation sites (N-methyl/N-ethyl adjacent to an activating group) is 1. The first-order chi connectivity index (χ1) is 13.7. The maximum atomic E-state index is 14.0. The van der Waals surface area contributed by atoms with Crippen molar-refractivity contribution in [2.45, 2.75) is 18.6 Å². The van der Waals surface area contributed by atoms with Crippen LogP contribution in [0.4, 0.5) is 22.0 Å². The van der Waals surface area contributed by atoms with E-state index in [1.807, 2.05) is 0 Å². The molecule has 0 aromatic heterocycles. The van der Waals surface area contributed by atoms with Crippen LogP contribution in [0.25, 0.3) is 0 Å². The third-order valence-corrected chi connectivity index (χ3v) is 4.49. The molecule has 3 rings (SSSR count). The lowest BCUT2D eigenvalue weighted by Gasteiger charge is -2.28. The fourth-order valence-electron chi connectivity index (χ4n) is 3.15. The van der Waals surface area contributed by atoms with Crippen LogP contribution in [0.2, 0.25) is 0 Å². The Kier molecular flexibility index (Phi) is 5.81. The summed E-state index contributed by atoms with van der Waals surface area (Å²) in [5, 5.41) is 0. The average Bonchev–Trinajstić information content (AvgIpc) is 2.96. The van der Waals surface area contributed by atoms with Crippen molar-refractivity contribution >= 4 is 5.96 Å². The van der Waals surface area contributed by atoms with Crippen molar-refractivity contribution < 1.29 is 31.4 Å². The van der Waals surface area contributed by atoms with E-state index < -0.39 is 31.0 Å². The highest BCUT2D eigenvalue weighted by Crippen LogP contribution is 2.40. The molecule has 0 fully saturated rings. The summed E-state index contributed by atoms with van der Waals surface area (Å²) in [7, 11) is 1.70. The molecule has 0 radical (unpaired) electrons. The zero-order valence-corrected chi connectivity index (χ0v) is 15.3. The minimum atomic E-state index is -2.97. The zero-order valence-electron chi connectivity index (χ0n) is 15.3. The molecule has 0 spiro atoms. The standard InChI is InChI=1S/C19H18F5N3O2/c1-27-10-19(26-18(27)25,11-2-5-13(6-3-11)29-17(23)24)12-4-7-14(20)15(8-12)28-9-16(21)22/h2-8,16-17H,9-10H2,1H3,(H2,25,26)/t19-/m0/s1. The molecule has 1 aliphatic heterocycles. The van der Waals surface area contributed by atoms with Crippen LogP contribution < -0.4 is 15.2 Å². The minimum absolute atomic E-state index is 0.0396. The number of alkyl halides is 4. The normalized spacial score (nSPS) is 19.0. The zero-order chi connectivity index (χ0) is 21.2. The van der Waals surface area contributed by atoms with Gasteiger partial charge in [-0.15, -0.1) is 0 Å². The molecule has 10 heteroatoms. The Labute approximate surface area is 163 Å². The second-order valence-electron chi connectivity index (χ2n) is 6.44. The fourth-order valence-corrected chi connectivity index (χ4v) is 3.15. The first-order valence-corrected chi connectivity index (χ1v) is 8.54. The molecule has 1 atom stereocenters. The number of hydrogen-bond acceptors (Lipinski definition) is 5. The van der Waals surface area contributed by atoms with E-state index in [4.69, 9.17) is 10.5 Å². The van der Waals surface area contributed by atoms with Gasteiger partial charge in [0, 0.05) is 7.05 Å². The van der Waals surface area contributed by atoms with Crippen molar-refractivity contribution in [1.29, 1.82) is 0 Å². The number of nitrogens with zero attached hydrogens (tertiary/aromatic N) is 2. The Morgan fingerprint density at radius 3 is 2.31 bits per heavy atom. The van der Waals surface area contributed by atoms with Crippen molar-refractivity contribution in [1.82, 2.24) is 4.90 Å². The highest BCUT2D eigenvalue weighted by molar-refractivity contribution is 5.81. The van der Waals surface area contributed by atoms with E-state index in [1.165, 1.54) is 36.4 Å². The number of hydrogen-bond donors (Lipinski definition) is 1. The monoisotopic (exact) mass is 415 g/mol. The van der Waals surface area contributed by atoms with Crippen molar-refractivity contribution in [2.75, 3.05) is 20.2 Å². The SMILES string of the molecule is CN1C[C@](c2ccc(OC(F)F)cc2)(c2ccc(F)c(OCC(F)F)c2)N=C1N. The molecule has 0 aliphatic carbocycles.